The molecular formula is C24H30FN3O. The molecule has 4 nitrogen and oxygen atoms in total. The Bertz CT molecular complexity index is 898. The molecule has 0 aliphatic carbocycles. The lowest BCUT2D eigenvalue weighted by Gasteiger charge is -2.30. The van der Waals surface area contributed by atoms with Crippen LogP contribution in [0.3, 0.4) is 0 Å². The molecule has 5 heteroatoms. The maximum atomic E-state index is 14.8. The lowest BCUT2D eigenvalue weighted by molar-refractivity contribution is 0.0980. The van der Waals surface area contributed by atoms with Gasteiger partial charge in [0.15, 0.2) is 0 Å². The molecule has 2 aromatic rings. The lowest BCUT2D eigenvalue weighted by atomic mass is 9.97. The van der Waals surface area contributed by atoms with Crippen LogP contribution in [0.2, 0.25) is 0 Å². The number of amides is 1. The van der Waals surface area contributed by atoms with E-state index >= 15 is 0 Å². The topological polar surface area (TPSA) is 35.6 Å². The summed E-state index contributed by atoms with van der Waals surface area (Å²) in [4.78, 5) is 16.9. The third-order valence-electron chi connectivity index (χ3n) is 6.05. The second kappa shape index (κ2) is 8.44. The van der Waals surface area contributed by atoms with Gasteiger partial charge in [-0.25, -0.2) is 4.39 Å². The molecule has 2 aromatic carbocycles. The molecule has 1 amide bonds. The number of hydrogen-bond acceptors (Lipinski definition) is 3. The number of carbonyl (C=O) groups is 1. The average molecular weight is 396 g/mol. The summed E-state index contributed by atoms with van der Waals surface area (Å²) in [5, 5.41) is 3.42. The first-order valence-electron chi connectivity index (χ1n) is 10.8. The number of carbonyl (C=O) groups excluding carboxylic acids is 1. The number of halogens is 1. The molecule has 154 valence electrons. The Morgan fingerprint density at radius 3 is 2.76 bits per heavy atom. The van der Waals surface area contributed by atoms with Gasteiger partial charge in [-0.05, 0) is 67.1 Å². The number of fused-ring (bicyclic) bond motifs is 1. The Labute approximate surface area is 172 Å². The van der Waals surface area contributed by atoms with Gasteiger partial charge in [0.1, 0.15) is 5.82 Å². The Hall–Kier alpha value is -2.56. The number of rotatable bonds is 6. The molecule has 1 atom stereocenters. The third kappa shape index (κ3) is 4.09. The van der Waals surface area contributed by atoms with E-state index in [1.807, 2.05) is 24.3 Å². The van der Waals surface area contributed by atoms with Crippen molar-refractivity contribution in [3.8, 4) is 0 Å². The Kier molecular flexibility index (Phi) is 5.74. The first kappa shape index (κ1) is 19.7. The molecule has 1 unspecified atom stereocenters. The van der Waals surface area contributed by atoms with Crippen molar-refractivity contribution in [2.45, 2.75) is 39.5 Å². The molecule has 2 aliphatic rings. The Morgan fingerprint density at radius 2 is 2.03 bits per heavy atom. The Morgan fingerprint density at radius 1 is 1.17 bits per heavy atom. The van der Waals surface area contributed by atoms with Crippen molar-refractivity contribution in [2.24, 2.45) is 5.92 Å². The molecule has 0 saturated carbocycles. The van der Waals surface area contributed by atoms with Crippen LogP contribution in [0, 0.1) is 11.7 Å². The van der Waals surface area contributed by atoms with E-state index in [1.165, 1.54) is 6.07 Å². The first-order valence-corrected chi connectivity index (χ1v) is 10.8. The van der Waals surface area contributed by atoms with Crippen molar-refractivity contribution in [1.82, 2.24) is 0 Å². The van der Waals surface area contributed by atoms with Crippen molar-refractivity contribution >= 4 is 23.0 Å². The summed E-state index contributed by atoms with van der Waals surface area (Å²) in [6, 6.07) is 11.2. The van der Waals surface area contributed by atoms with Crippen LogP contribution in [0.5, 0.6) is 0 Å². The fourth-order valence-electron chi connectivity index (χ4n) is 4.33. The van der Waals surface area contributed by atoms with Crippen LogP contribution in [-0.4, -0.2) is 32.1 Å². The fraction of sp³-hybridized carbons (Fsp3) is 0.458. The van der Waals surface area contributed by atoms with Crippen LogP contribution in [0.1, 0.15) is 49.0 Å². The second-order valence-electron chi connectivity index (χ2n) is 8.33. The van der Waals surface area contributed by atoms with E-state index in [1.54, 1.807) is 4.90 Å². The van der Waals surface area contributed by atoms with Gasteiger partial charge in [0.05, 0.1) is 5.69 Å². The predicted molar refractivity (Wildman–Crippen MR) is 118 cm³/mol. The van der Waals surface area contributed by atoms with Crippen molar-refractivity contribution in [3.05, 3.63) is 53.3 Å². The van der Waals surface area contributed by atoms with Gasteiger partial charge in [-0.3, -0.25) is 4.79 Å². The number of benzene rings is 2. The first-order chi connectivity index (χ1) is 14.1. The smallest absolute Gasteiger partial charge is 0.258 e. The van der Waals surface area contributed by atoms with Gasteiger partial charge in [-0.15, -0.1) is 0 Å². The summed E-state index contributed by atoms with van der Waals surface area (Å²) in [5.41, 5.74) is 4.13. The summed E-state index contributed by atoms with van der Waals surface area (Å²) < 4.78 is 14.8. The molecule has 0 aromatic heterocycles. The van der Waals surface area contributed by atoms with Crippen molar-refractivity contribution in [2.75, 3.05) is 41.3 Å². The second-order valence-corrected chi connectivity index (χ2v) is 8.33. The average Bonchev–Trinajstić information content (AvgIpc) is 3.14. The Balaban J connectivity index is 1.51. The standard InChI is InChI=1S/C24H30FN3O/c1-3-4-11-26-19-5-7-21-18(14-19)10-13-28(24(21)29)20-6-8-23(22(25)15-20)27-12-9-17(2)16-27/h5-8,14-15,17,26H,3-4,9-13,16H2,1-2H3. The van der Waals surface area contributed by atoms with E-state index in [4.69, 9.17) is 0 Å². The van der Waals surface area contributed by atoms with Gasteiger partial charge < -0.3 is 15.1 Å². The largest absolute Gasteiger partial charge is 0.385 e. The predicted octanol–water partition coefficient (Wildman–Crippen LogP) is 5.09. The summed E-state index contributed by atoms with van der Waals surface area (Å²) in [6.45, 7) is 7.66. The van der Waals surface area contributed by atoms with Crippen LogP contribution < -0.4 is 15.1 Å². The quantitative estimate of drug-likeness (QED) is 0.692. The van der Waals surface area contributed by atoms with E-state index < -0.39 is 0 Å². The highest BCUT2D eigenvalue weighted by molar-refractivity contribution is 6.08. The molecule has 1 saturated heterocycles. The highest BCUT2D eigenvalue weighted by Crippen LogP contribution is 2.32. The zero-order chi connectivity index (χ0) is 20.4. The minimum atomic E-state index is -0.245. The number of nitrogens with zero attached hydrogens (tertiary/aromatic N) is 2. The normalized spacial score (nSPS) is 18.9. The van der Waals surface area contributed by atoms with Gasteiger partial charge >= 0.3 is 0 Å². The van der Waals surface area contributed by atoms with E-state index in [2.05, 4.69) is 30.1 Å². The fourth-order valence-corrected chi connectivity index (χ4v) is 4.33. The van der Waals surface area contributed by atoms with Crippen LogP contribution in [0.15, 0.2) is 36.4 Å². The summed E-state index contributed by atoms with van der Waals surface area (Å²) in [5.74, 6) is 0.301. The van der Waals surface area contributed by atoms with Gasteiger partial charge in [0, 0.05) is 43.1 Å². The highest BCUT2D eigenvalue weighted by atomic mass is 19.1. The molecule has 0 radical (unpaired) electrons. The number of unbranched alkanes of at least 4 members (excludes halogenated alkanes) is 1. The van der Waals surface area contributed by atoms with Crippen LogP contribution >= 0.6 is 0 Å². The maximum absolute atomic E-state index is 14.8. The van der Waals surface area contributed by atoms with E-state index in [0.29, 0.717) is 23.8 Å². The van der Waals surface area contributed by atoms with Gasteiger partial charge in [-0.1, -0.05) is 20.3 Å². The zero-order valence-corrected chi connectivity index (χ0v) is 17.4. The van der Waals surface area contributed by atoms with E-state index in [-0.39, 0.29) is 11.7 Å². The molecule has 2 heterocycles. The molecule has 4 rings (SSSR count). The number of hydrogen-bond donors (Lipinski definition) is 1. The molecule has 0 bridgehead atoms. The highest BCUT2D eigenvalue weighted by Gasteiger charge is 2.27. The molecule has 1 N–H and O–H groups in total. The molecule has 29 heavy (non-hydrogen) atoms. The van der Waals surface area contributed by atoms with Crippen molar-refractivity contribution in [1.29, 1.82) is 0 Å². The molecule has 2 aliphatic heterocycles. The van der Waals surface area contributed by atoms with Gasteiger partial charge in [0.25, 0.3) is 5.91 Å². The lowest BCUT2D eigenvalue weighted by Crippen LogP contribution is -2.37. The summed E-state index contributed by atoms with van der Waals surface area (Å²) >= 11 is 0. The molecule has 1 fully saturated rings. The van der Waals surface area contributed by atoms with Crippen LogP contribution in [0.25, 0.3) is 0 Å². The maximum Gasteiger partial charge on any atom is 0.258 e. The molecule has 0 spiro atoms. The monoisotopic (exact) mass is 395 g/mol. The summed E-state index contributed by atoms with van der Waals surface area (Å²) in [6.07, 6.45) is 4.15. The van der Waals surface area contributed by atoms with Crippen LogP contribution in [-0.2, 0) is 6.42 Å². The summed E-state index contributed by atoms with van der Waals surface area (Å²) in [7, 11) is 0. The minimum Gasteiger partial charge on any atom is -0.385 e. The van der Waals surface area contributed by atoms with Crippen LogP contribution in [0.4, 0.5) is 21.5 Å². The van der Waals surface area contributed by atoms with Gasteiger partial charge in [-0.2, -0.15) is 0 Å². The zero-order valence-electron chi connectivity index (χ0n) is 17.4. The van der Waals surface area contributed by atoms with Gasteiger partial charge in [0.2, 0.25) is 0 Å². The van der Waals surface area contributed by atoms with E-state index in [9.17, 15) is 9.18 Å². The minimum absolute atomic E-state index is 0.0479. The SMILES string of the molecule is CCCCNc1ccc2c(c1)CCN(c1ccc(N3CCC(C)C3)c(F)c1)C2=O. The third-order valence-corrected chi connectivity index (χ3v) is 6.05. The number of anilines is 3. The number of nitrogens with one attached hydrogen (secondary N) is 1. The van der Waals surface area contributed by atoms with E-state index in [0.717, 1.165) is 62.1 Å². The van der Waals surface area contributed by atoms with Crippen molar-refractivity contribution < 1.29 is 9.18 Å². The van der Waals surface area contributed by atoms with Crippen molar-refractivity contribution in [3.63, 3.8) is 0 Å². The molecular weight excluding hydrogens is 365 g/mol.